The van der Waals surface area contributed by atoms with E-state index >= 15 is 0 Å². The van der Waals surface area contributed by atoms with E-state index in [1.54, 1.807) is 15.9 Å². The van der Waals surface area contributed by atoms with Gasteiger partial charge >= 0.3 is 0 Å². The maximum Gasteiger partial charge on any atom is 0.176 e. The Kier molecular flexibility index (Phi) is 3.96. The van der Waals surface area contributed by atoms with Gasteiger partial charge in [0, 0.05) is 6.04 Å². The average molecular weight is 271 g/mol. The van der Waals surface area contributed by atoms with E-state index in [0.717, 1.165) is 12.0 Å². The molecule has 5 nitrogen and oxygen atoms in total. The molecule has 2 atom stereocenters. The Labute approximate surface area is 115 Å². The summed E-state index contributed by atoms with van der Waals surface area (Å²) in [5.74, 6) is 0. The van der Waals surface area contributed by atoms with Gasteiger partial charge in [0.1, 0.15) is 12.1 Å². The molecule has 0 saturated heterocycles. The first kappa shape index (κ1) is 13.3. The molecule has 19 heavy (non-hydrogen) atoms. The summed E-state index contributed by atoms with van der Waals surface area (Å²) < 4.78 is 1.70. The van der Waals surface area contributed by atoms with Crippen LogP contribution in [0.25, 0.3) is 0 Å². The van der Waals surface area contributed by atoms with E-state index in [0.29, 0.717) is 0 Å². The van der Waals surface area contributed by atoms with Crippen LogP contribution in [0.4, 0.5) is 0 Å². The lowest BCUT2D eigenvalue weighted by Crippen LogP contribution is -2.32. The monoisotopic (exact) mass is 271 g/mol. The van der Waals surface area contributed by atoms with E-state index in [-0.39, 0.29) is 23.5 Å². The molecule has 0 aliphatic rings. The molecule has 0 saturated carbocycles. The predicted molar refractivity (Wildman–Crippen MR) is 72.4 cm³/mol. The van der Waals surface area contributed by atoms with Crippen molar-refractivity contribution in [3.8, 4) is 12.1 Å². The van der Waals surface area contributed by atoms with Gasteiger partial charge in [-0.05, 0) is 28.8 Å². The lowest BCUT2D eigenvalue weighted by atomic mass is 10.00. The van der Waals surface area contributed by atoms with E-state index < -0.39 is 0 Å². The number of nitrogens with two attached hydrogens (primary N) is 1. The largest absolute Gasteiger partial charge is 0.326 e. The molecule has 2 aromatic rings. The van der Waals surface area contributed by atoms with Crippen LogP contribution in [0.2, 0.25) is 0 Å². The fourth-order valence-electron chi connectivity index (χ4n) is 2.05. The highest BCUT2D eigenvalue weighted by Crippen LogP contribution is 2.27. The highest BCUT2D eigenvalue weighted by Gasteiger charge is 2.25. The summed E-state index contributed by atoms with van der Waals surface area (Å²) in [7, 11) is 0. The van der Waals surface area contributed by atoms with Crippen LogP contribution in [0.15, 0.2) is 23.2 Å². The molecule has 2 aromatic heterocycles. The number of nitrogens with zero attached hydrogens (tertiary/aromatic N) is 4. The van der Waals surface area contributed by atoms with Crippen molar-refractivity contribution in [2.45, 2.75) is 25.4 Å². The Morgan fingerprint density at radius 1 is 1.47 bits per heavy atom. The zero-order valence-electron chi connectivity index (χ0n) is 10.4. The number of nitriles is 2. The molecular formula is C13H13N5S. The van der Waals surface area contributed by atoms with Crippen molar-refractivity contribution in [1.29, 1.82) is 10.5 Å². The van der Waals surface area contributed by atoms with E-state index in [1.807, 2.05) is 35.9 Å². The van der Waals surface area contributed by atoms with Gasteiger partial charge in [-0.1, -0.05) is 6.92 Å². The van der Waals surface area contributed by atoms with Gasteiger partial charge in [-0.2, -0.15) is 21.9 Å². The van der Waals surface area contributed by atoms with Crippen molar-refractivity contribution in [1.82, 2.24) is 9.55 Å². The molecule has 0 amide bonds. The van der Waals surface area contributed by atoms with Gasteiger partial charge in [0.25, 0.3) is 0 Å². The maximum atomic E-state index is 9.22. The topological polar surface area (TPSA) is 91.4 Å². The molecule has 2 unspecified atom stereocenters. The summed E-state index contributed by atoms with van der Waals surface area (Å²) >= 11 is 1.58. The average Bonchev–Trinajstić information content (AvgIpc) is 3.08. The normalized spacial score (nSPS) is 13.5. The highest BCUT2D eigenvalue weighted by atomic mass is 32.1. The van der Waals surface area contributed by atoms with Crippen LogP contribution in [-0.4, -0.2) is 15.6 Å². The number of hydrogen-bond donors (Lipinski definition) is 1. The fourth-order valence-corrected chi connectivity index (χ4v) is 2.73. The number of rotatable bonds is 4. The second-order valence-electron chi connectivity index (χ2n) is 4.15. The lowest BCUT2D eigenvalue weighted by Gasteiger charge is -2.24. The summed E-state index contributed by atoms with van der Waals surface area (Å²) in [5.41, 5.74) is 7.63. The maximum absolute atomic E-state index is 9.22. The zero-order valence-corrected chi connectivity index (χ0v) is 11.3. The molecular weight excluding hydrogens is 258 g/mol. The molecule has 0 aromatic carbocycles. The number of imidazole rings is 1. The van der Waals surface area contributed by atoms with E-state index in [1.165, 1.54) is 6.33 Å². The van der Waals surface area contributed by atoms with Crippen LogP contribution >= 0.6 is 11.3 Å². The van der Waals surface area contributed by atoms with Gasteiger partial charge in [0.15, 0.2) is 11.4 Å². The van der Waals surface area contributed by atoms with Crippen LogP contribution in [0.1, 0.15) is 36.3 Å². The Morgan fingerprint density at radius 2 is 2.26 bits per heavy atom. The summed E-state index contributed by atoms with van der Waals surface area (Å²) in [4.78, 5) is 3.98. The molecule has 6 heteroatoms. The summed E-state index contributed by atoms with van der Waals surface area (Å²) in [5, 5.41) is 22.2. The second-order valence-corrected chi connectivity index (χ2v) is 4.93. The third kappa shape index (κ3) is 2.37. The van der Waals surface area contributed by atoms with Crippen molar-refractivity contribution < 1.29 is 0 Å². The molecule has 0 aliphatic heterocycles. The van der Waals surface area contributed by atoms with Gasteiger partial charge in [-0.25, -0.2) is 4.98 Å². The number of aromatic nitrogens is 2. The Balaban J connectivity index is 2.55. The molecule has 0 spiro atoms. The lowest BCUT2D eigenvalue weighted by molar-refractivity contribution is 0.456. The number of hydrogen-bond acceptors (Lipinski definition) is 5. The Morgan fingerprint density at radius 3 is 2.79 bits per heavy atom. The minimum absolute atomic E-state index is 0.137. The van der Waals surface area contributed by atoms with Crippen LogP contribution in [0, 0.1) is 22.7 Å². The summed E-state index contributed by atoms with van der Waals surface area (Å²) in [6.07, 6.45) is 2.29. The Bertz CT molecular complexity index is 629. The number of thiophene rings is 1. The molecule has 2 heterocycles. The first-order chi connectivity index (χ1) is 9.22. The van der Waals surface area contributed by atoms with Gasteiger partial charge in [0.05, 0.1) is 12.4 Å². The fraction of sp³-hybridized carbons (Fsp3) is 0.308. The first-order valence-electron chi connectivity index (χ1n) is 5.87. The minimum atomic E-state index is -0.166. The van der Waals surface area contributed by atoms with Crippen LogP contribution in [-0.2, 0) is 0 Å². The van der Waals surface area contributed by atoms with Crippen molar-refractivity contribution in [3.63, 3.8) is 0 Å². The molecule has 96 valence electrons. The molecule has 2 rings (SSSR count). The first-order valence-corrected chi connectivity index (χ1v) is 6.81. The molecule has 2 N–H and O–H groups in total. The second kappa shape index (κ2) is 5.66. The molecule has 0 aliphatic carbocycles. The van der Waals surface area contributed by atoms with Gasteiger partial charge < -0.3 is 10.3 Å². The van der Waals surface area contributed by atoms with Crippen LogP contribution in [0.5, 0.6) is 0 Å². The van der Waals surface area contributed by atoms with Crippen LogP contribution in [0.3, 0.4) is 0 Å². The summed E-state index contributed by atoms with van der Waals surface area (Å²) in [6, 6.07) is 5.65. The van der Waals surface area contributed by atoms with Gasteiger partial charge in [0.2, 0.25) is 0 Å². The minimum Gasteiger partial charge on any atom is -0.326 e. The molecule has 0 radical (unpaired) electrons. The SMILES string of the molecule is CCC(N)C(c1ccsc1)n1cnc(C#N)c1C#N. The van der Waals surface area contributed by atoms with Gasteiger partial charge in [-0.15, -0.1) is 0 Å². The molecule has 0 bridgehead atoms. The van der Waals surface area contributed by atoms with E-state index in [2.05, 4.69) is 4.98 Å². The van der Waals surface area contributed by atoms with Crippen molar-refractivity contribution in [3.05, 3.63) is 40.1 Å². The Hall–Kier alpha value is -2.15. The van der Waals surface area contributed by atoms with Crippen molar-refractivity contribution in [2.24, 2.45) is 5.73 Å². The predicted octanol–water partition coefficient (Wildman–Crippen LogP) is 2.01. The third-order valence-corrected chi connectivity index (χ3v) is 3.77. The van der Waals surface area contributed by atoms with E-state index in [9.17, 15) is 5.26 Å². The van der Waals surface area contributed by atoms with Crippen molar-refractivity contribution >= 4 is 11.3 Å². The highest BCUT2D eigenvalue weighted by molar-refractivity contribution is 7.07. The molecule has 0 fully saturated rings. The zero-order chi connectivity index (χ0) is 13.8. The quantitative estimate of drug-likeness (QED) is 0.920. The van der Waals surface area contributed by atoms with Gasteiger partial charge in [-0.3, -0.25) is 0 Å². The summed E-state index contributed by atoms with van der Waals surface area (Å²) in [6.45, 7) is 2.00. The van der Waals surface area contributed by atoms with Crippen molar-refractivity contribution in [2.75, 3.05) is 0 Å². The smallest absolute Gasteiger partial charge is 0.176 e. The standard InChI is InChI=1S/C13H13N5S/c1-2-10(16)13(9-3-4-19-7-9)18-8-17-11(5-14)12(18)6-15/h3-4,7-8,10,13H,2,16H2,1H3. The third-order valence-electron chi connectivity index (χ3n) is 3.07. The van der Waals surface area contributed by atoms with Crippen LogP contribution < -0.4 is 5.73 Å². The van der Waals surface area contributed by atoms with E-state index in [4.69, 9.17) is 11.0 Å².